The molecule has 2 aromatic rings. The van der Waals surface area contributed by atoms with Gasteiger partial charge in [0.05, 0.1) is 15.2 Å². The van der Waals surface area contributed by atoms with Crippen molar-refractivity contribution in [3.05, 3.63) is 27.7 Å². The molecule has 1 aliphatic heterocycles. The Labute approximate surface area is 107 Å². The van der Waals surface area contributed by atoms with Crippen LogP contribution in [0.2, 0.25) is 0 Å². The summed E-state index contributed by atoms with van der Waals surface area (Å²) in [5.74, 6) is 1.35. The first-order chi connectivity index (χ1) is 7.74. The highest BCUT2D eigenvalue weighted by Crippen LogP contribution is 2.33. The van der Waals surface area contributed by atoms with Crippen LogP contribution in [-0.4, -0.2) is 18.1 Å². The van der Waals surface area contributed by atoms with Crippen molar-refractivity contribution in [2.75, 3.05) is 13.1 Å². The molecule has 1 saturated heterocycles. The molecule has 1 atom stereocenters. The SMILES string of the molecule is CC(c1nc2cc(Br)ccc2s1)C1CNC1. The third-order valence-electron chi connectivity index (χ3n) is 3.28. The van der Waals surface area contributed by atoms with E-state index >= 15 is 0 Å². The van der Waals surface area contributed by atoms with Gasteiger partial charge in [0.2, 0.25) is 0 Å². The lowest BCUT2D eigenvalue weighted by molar-refractivity contribution is 0.303. The fraction of sp³-hybridized carbons (Fsp3) is 0.417. The van der Waals surface area contributed by atoms with Crippen LogP contribution >= 0.6 is 27.3 Å². The molecule has 1 fully saturated rings. The lowest BCUT2D eigenvalue weighted by Gasteiger charge is -2.31. The van der Waals surface area contributed by atoms with Gasteiger partial charge in [0.15, 0.2) is 0 Å². The number of nitrogens with one attached hydrogen (secondary N) is 1. The number of hydrogen-bond acceptors (Lipinski definition) is 3. The van der Waals surface area contributed by atoms with Crippen molar-refractivity contribution in [3.63, 3.8) is 0 Å². The summed E-state index contributed by atoms with van der Waals surface area (Å²) in [4.78, 5) is 4.74. The predicted octanol–water partition coefficient (Wildman–Crippen LogP) is 3.38. The zero-order chi connectivity index (χ0) is 11.1. The highest BCUT2D eigenvalue weighted by Gasteiger charge is 2.26. The van der Waals surface area contributed by atoms with Gasteiger partial charge >= 0.3 is 0 Å². The number of rotatable bonds is 2. The van der Waals surface area contributed by atoms with Crippen LogP contribution in [0, 0.1) is 5.92 Å². The van der Waals surface area contributed by atoms with Gasteiger partial charge in [-0.2, -0.15) is 0 Å². The molecule has 1 aromatic heterocycles. The van der Waals surface area contributed by atoms with Crippen molar-refractivity contribution >= 4 is 37.5 Å². The first-order valence-corrected chi connectivity index (χ1v) is 7.11. The highest BCUT2D eigenvalue weighted by atomic mass is 79.9. The highest BCUT2D eigenvalue weighted by molar-refractivity contribution is 9.10. The van der Waals surface area contributed by atoms with Crippen molar-refractivity contribution < 1.29 is 0 Å². The van der Waals surface area contributed by atoms with Gasteiger partial charge in [-0.05, 0) is 37.2 Å². The van der Waals surface area contributed by atoms with Gasteiger partial charge in [-0.3, -0.25) is 0 Å². The largest absolute Gasteiger partial charge is 0.316 e. The molecule has 16 heavy (non-hydrogen) atoms. The third kappa shape index (κ3) is 1.79. The Morgan fingerprint density at radius 3 is 3.00 bits per heavy atom. The molecular weight excluding hydrogens is 284 g/mol. The number of fused-ring (bicyclic) bond motifs is 1. The van der Waals surface area contributed by atoms with Crippen LogP contribution in [0.5, 0.6) is 0 Å². The minimum Gasteiger partial charge on any atom is -0.316 e. The van der Waals surface area contributed by atoms with E-state index < -0.39 is 0 Å². The van der Waals surface area contributed by atoms with E-state index in [1.54, 1.807) is 0 Å². The molecular formula is C12H13BrN2S. The monoisotopic (exact) mass is 296 g/mol. The van der Waals surface area contributed by atoms with E-state index in [0.29, 0.717) is 5.92 Å². The Balaban J connectivity index is 1.97. The first kappa shape index (κ1) is 10.7. The standard InChI is InChI=1S/C12H13BrN2S/c1-7(8-5-14-6-8)12-15-10-4-9(13)2-3-11(10)16-12/h2-4,7-8,14H,5-6H2,1H3. The molecule has 3 rings (SSSR count). The van der Waals surface area contributed by atoms with Gasteiger partial charge in [0, 0.05) is 10.4 Å². The summed E-state index contributed by atoms with van der Waals surface area (Å²) in [7, 11) is 0. The topological polar surface area (TPSA) is 24.9 Å². The van der Waals surface area contributed by atoms with Gasteiger partial charge < -0.3 is 5.32 Å². The van der Waals surface area contributed by atoms with Crippen molar-refractivity contribution in [2.45, 2.75) is 12.8 Å². The molecule has 0 aliphatic carbocycles. The summed E-state index contributed by atoms with van der Waals surface area (Å²) in [5.41, 5.74) is 1.12. The molecule has 1 aliphatic rings. The van der Waals surface area contributed by atoms with Crippen molar-refractivity contribution in [1.29, 1.82) is 0 Å². The second kappa shape index (κ2) is 4.09. The summed E-state index contributed by atoms with van der Waals surface area (Å²) in [6, 6.07) is 6.33. The lowest BCUT2D eigenvalue weighted by Crippen LogP contribution is -2.44. The fourth-order valence-corrected chi connectivity index (χ4v) is 3.42. The number of halogens is 1. The van der Waals surface area contributed by atoms with E-state index in [1.165, 1.54) is 9.71 Å². The van der Waals surface area contributed by atoms with E-state index in [2.05, 4.69) is 46.4 Å². The maximum Gasteiger partial charge on any atom is 0.0970 e. The van der Waals surface area contributed by atoms with Gasteiger partial charge in [0.1, 0.15) is 0 Å². The molecule has 0 bridgehead atoms. The quantitative estimate of drug-likeness (QED) is 0.919. The van der Waals surface area contributed by atoms with Crippen LogP contribution in [0.3, 0.4) is 0 Å². The zero-order valence-electron chi connectivity index (χ0n) is 9.03. The van der Waals surface area contributed by atoms with Gasteiger partial charge in [-0.15, -0.1) is 11.3 Å². The van der Waals surface area contributed by atoms with E-state index in [9.17, 15) is 0 Å². The number of benzene rings is 1. The van der Waals surface area contributed by atoms with Crippen LogP contribution in [0.1, 0.15) is 17.8 Å². The predicted molar refractivity (Wildman–Crippen MR) is 72.1 cm³/mol. The molecule has 0 radical (unpaired) electrons. The maximum atomic E-state index is 4.74. The molecule has 4 heteroatoms. The minimum atomic E-state index is 0.581. The van der Waals surface area contributed by atoms with Gasteiger partial charge in [-0.25, -0.2) is 4.98 Å². The van der Waals surface area contributed by atoms with Crippen LogP contribution in [-0.2, 0) is 0 Å². The van der Waals surface area contributed by atoms with Gasteiger partial charge in [-0.1, -0.05) is 22.9 Å². The molecule has 0 spiro atoms. The minimum absolute atomic E-state index is 0.581. The second-order valence-electron chi connectivity index (χ2n) is 4.37. The Bertz CT molecular complexity index is 519. The maximum absolute atomic E-state index is 4.74. The summed E-state index contributed by atoms with van der Waals surface area (Å²) in [5, 5.41) is 4.60. The second-order valence-corrected chi connectivity index (χ2v) is 6.35. The molecule has 1 aromatic carbocycles. The summed E-state index contributed by atoms with van der Waals surface area (Å²) in [6.45, 7) is 4.57. The summed E-state index contributed by atoms with van der Waals surface area (Å²) >= 11 is 5.32. The van der Waals surface area contributed by atoms with Gasteiger partial charge in [0.25, 0.3) is 0 Å². The number of thiazole rings is 1. The molecule has 0 amide bonds. The molecule has 1 unspecified atom stereocenters. The summed E-state index contributed by atoms with van der Waals surface area (Å²) < 4.78 is 2.40. The third-order valence-corrected chi connectivity index (χ3v) is 5.01. The Kier molecular flexibility index (Phi) is 2.73. The van der Waals surface area contributed by atoms with Crippen molar-refractivity contribution in [2.24, 2.45) is 5.92 Å². The smallest absolute Gasteiger partial charge is 0.0970 e. The van der Waals surface area contributed by atoms with E-state index in [0.717, 1.165) is 29.0 Å². The molecule has 1 N–H and O–H groups in total. The van der Waals surface area contributed by atoms with E-state index in [4.69, 9.17) is 4.98 Å². The first-order valence-electron chi connectivity index (χ1n) is 5.51. The molecule has 2 heterocycles. The number of aromatic nitrogens is 1. The van der Waals surface area contributed by atoms with Crippen LogP contribution < -0.4 is 5.32 Å². The summed E-state index contributed by atoms with van der Waals surface area (Å²) in [6.07, 6.45) is 0. The average molecular weight is 297 g/mol. The average Bonchev–Trinajstić information content (AvgIpc) is 2.57. The van der Waals surface area contributed by atoms with Crippen LogP contribution in [0.15, 0.2) is 22.7 Å². The van der Waals surface area contributed by atoms with Crippen LogP contribution in [0.4, 0.5) is 0 Å². The molecule has 0 saturated carbocycles. The lowest BCUT2D eigenvalue weighted by atomic mass is 9.89. The fourth-order valence-electron chi connectivity index (χ4n) is 1.98. The normalized spacial score (nSPS) is 18.6. The molecule has 2 nitrogen and oxygen atoms in total. The van der Waals surface area contributed by atoms with Crippen LogP contribution in [0.25, 0.3) is 10.2 Å². The van der Waals surface area contributed by atoms with Crippen molar-refractivity contribution in [1.82, 2.24) is 10.3 Å². The zero-order valence-corrected chi connectivity index (χ0v) is 11.4. The molecule has 84 valence electrons. The van der Waals surface area contributed by atoms with Crippen molar-refractivity contribution in [3.8, 4) is 0 Å². The van der Waals surface area contributed by atoms with E-state index in [1.807, 2.05) is 11.3 Å². The Hall–Kier alpha value is -0.450. The Morgan fingerprint density at radius 2 is 2.31 bits per heavy atom. The number of hydrogen-bond donors (Lipinski definition) is 1. The van der Waals surface area contributed by atoms with E-state index in [-0.39, 0.29) is 0 Å². The Morgan fingerprint density at radius 1 is 1.50 bits per heavy atom. The number of nitrogens with zero attached hydrogens (tertiary/aromatic N) is 1.